The Hall–Kier alpha value is -0.770. The number of piperidine rings is 1. The van der Waals surface area contributed by atoms with Gasteiger partial charge in [0, 0.05) is 19.1 Å². The Morgan fingerprint density at radius 2 is 1.68 bits per heavy atom. The maximum atomic E-state index is 12.4. The van der Waals surface area contributed by atoms with Crippen molar-refractivity contribution in [3.8, 4) is 0 Å². The Morgan fingerprint density at radius 3 is 2.32 bits per heavy atom. The molecule has 0 aromatic rings. The lowest BCUT2D eigenvalue weighted by atomic mass is 10.0. The Bertz CT molecular complexity index is 352. The van der Waals surface area contributed by atoms with Crippen LogP contribution in [0.2, 0.25) is 0 Å². The summed E-state index contributed by atoms with van der Waals surface area (Å²) in [7, 11) is 0. The van der Waals surface area contributed by atoms with E-state index in [9.17, 15) is 4.79 Å². The summed E-state index contributed by atoms with van der Waals surface area (Å²) < 4.78 is 5.57. The van der Waals surface area contributed by atoms with Gasteiger partial charge in [-0.3, -0.25) is 0 Å². The number of unbranched alkanes of at least 4 members (excludes halogenated alkanes) is 7. The lowest BCUT2D eigenvalue weighted by Gasteiger charge is -2.37. The van der Waals surface area contributed by atoms with E-state index in [1.165, 1.54) is 57.8 Å². The topological polar surface area (TPSA) is 41.6 Å². The zero-order valence-corrected chi connectivity index (χ0v) is 17.2. The summed E-state index contributed by atoms with van der Waals surface area (Å²) in [6, 6.07) is 0.289. The van der Waals surface area contributed by atoms with Crippen LogP contribution in [-0.2, 0) is 4.74 Å². The molecule has 4 nitrogen and oxygen atoms in total. The molecule has 1 fully saturated rings. The zero-order chi connectivity index (χ0) is 18.5. The number of carbonyl (C=O) groups excluding carboxylic acids is 1. The van der Waals surface area contributed by atoms with E-state index in [0.717, 1.165) is 32.5 Å². The zero-order valence-electron chi connectivity index (χ0n) is 17.2. The van der Waals surface area contributed by atoms with Crippen LogP contribution in [0.1, 0.15) is 98.3 Å². The monoisotopic (exact) mass is 354 g/mol. The molecule has 0 saturated carbocycles. The first-order chi connectivity index (χ1) is 11.9. The third-order valence-corrected chi connectivity index (χ3v) is 4.84. The second-order valence-corrected chi connectivity index (χ2v) is 8.50. The van der Waals surface area contributed by atoms with Gasteiger partial charge in [0.15, 0.2) is 0 Å². The van der Waals surface area contributed by atoms with Crippen LogP contribution in [0.3, 0.4) is 0 Å². The first-order valence-corrected chi connectivity index (χ1v) is 10.6. The quantitative estimate of drug-likeness (QED) is 0.498. The SMILES string of the molecule is CCCCCCCCCCNCC1CCCCN1C(=O)OC(C)(C)C. The second kappa shape index (κ2) is 12.6. The molecular formula is C21H42N2O2. The van der Waals surface area contributed by atoms with Gasteiger partial charge in [-0.05, 0) is 53.0 Å². The number of ether oxygens (including phenoxy) is 1. The number of rotatable bonds is 11. The molecule has 1 atom stereocenters. The minimum atomic E-state index is -0.413. The van der Waals surface area contributed by atoms with Gasteiger partial charge in [0.2, 0.25) is 0 Å². The first kappa shape index (κ1) is 22.3. The highest BCUT2D eigenvalue weighted by Gasteiger charge is 2.29. The number of nitrogens with one attached hydrogen (secondary N) is 1. The predicted molar refractivity (Wildman–Crippen MR) is 106 cm³/mol. The van der Waals surface area contributed by atoms with Gasteiger partial charge in [-0.15, -0.1) is 0 Å². The normalized spacial score (nSPS) is 18.4. The second-order valence-electron chi connectivity index (χ2n) is 8.50. The number of hydrogen-bond acceptors (Lipinski definition) is 3. The van der Waals surface area contributed by atoms with E-state index in [-0.39, 0.29) is 12.1 Å². The summed E-state index contributed by atoms with van der Waals surface area (Å²) >= 11 is 0. The van der Waals surface area contributed by atoms with Crippen LogP contribution in [0.4, 0.5) is 4.79 Å². The molecule has 148 valence electrons. The van der Waals surface area contributed by atoms with Crippen LogP contribution in [0.5, 0.6) is 0 Å². The lowest BCUT2D eigenvalue weighted by Crippen LogP contribution is -2.50. The van der Waals surface area contributed by atoms with Gasteiger partial charge in [0.25, 0.3) is 0 Å². The molecule has 1 aliphatic heterocycles. The van der Waals surface area contributed by atoms with Crippen molar-refractivity contribution in [3.63, 3.8) is 0 Å². The van der Waals surface area contributed by atoms with Gasteiger partial charge in [-0.25, -0.2) is 4.79 Å². The van der Waals surface area contributed by atoms with E-state index in [2.05, 4.69) is 12.2 Å². The van der Waals surface area contributed by atoms with Crippen molar-refractivity contribution in [2.24, 2.45) is 0 Å². The molecule has 1 heterocycles. The van der Waals surface area contributed by atoms with E-state index in [1.54, 1.807) is 0 Å². The van der Waals surface area contributed by atoms with Gasteiger partial charge in [-0.1, -0.05) is 51.9 Å². The fraction of sp³-hybridized carbons (Fsp3) is 0.952. The van der Waals surface area contributed by atoms with Gasteiger partial charge in [0.1, 0.15) is 5.60 Å². The van der Waals surface area contributed by atoms with Crippen molar-refractivity contribution in [1.82, 2.24) is 10.2 Å². The number of amides is 1. The molecular weight excluding hydrogens is 312 g/mol. The number of likely N-dealkylation sites (tertiary alicyclic amines) is 1. The molecule has 0 aromatic heterocycles. The van der Waals surface area contributed by atoms with Gasteiger partial charge >= 0.3 is 6.09 Å². The van der Waals surface area contributed by atoms with Crippen LogP contribution < -0.4 is 5.32 Å². The molecule has 0 aliphatic carbocycles. The third kappa shape index (κ3) is 10.7. The van der Waals surface area contributed by atoms with Crippen molar-refractivity contribution in [1.29, 1.82) is 0 Å². The molecule has 0 bridgehead atoms. The highest BCUT2D eigenvalue weighted by atomic mass is 16.6. The molecule has 0 radical (unpaired) electrons. The minimum absolute atomic E-state index is 0.147. The summed E-state index contributed by atoms with van der Waals surface area (Å²) in [6.45, 7) is 10.9. The molecule has 0 spiro atoms. The summed E-state index contributed by atoms with van der Waals surface area (Å²) in [6.07, 6.45) is 14.1. The van der Waals surface area contributed by atoms with Crippen LogP contribution in [0.25, 0.3) is 0 Å². The highest BCUT2D eigenvalue weighted by Crippen LogP contribution is 2.20. The fourth-order valence-electron chi connectivity index (χ4n) is 3.43. The predicted octanol–water partition coefficient (Wildman–Crippen LogP) is 5.51. The molecule has 1 N–H and O–H groups in total. The Morgan fingerprint density at radius 1 is 1.04 bits per heavy atom. The van der Waals surface area contributed by atoms with Crippen LogP contribution in [0, 0.1) is 0 Å². The van der Waals surface area contributed by atoms with Gasteiger partial charge < -0.3 is 15.0 Å². The largest absolute Gasteiger partial charge is 0.444 e. The molecule has 1 aliphatic rings. The summed E-state index contributed by atoms with van der Waals surface area (Å²) in [4.78, 5) is 14.3. The Kier molecular flexibility index (Phi) is 11.2. The van der Waals surface area contributed by atoms with Crippen molar-refractivity contribution >= 4 is 6.09 Å². The van der Waals surface area contributed by atoms with Crippen molar-refractivity contribution in [2.45, 2.75) is 110 Å². The third-order valence-electron chi connectivity index (χ3n) is 4.84. The number of hydrogen-bond donors (Lipinski definition) is 1. The van der Waals surface area contributed by atoms with Gasteiger partial charge in [-0.2, -0.15) is 0 Å². The Labute approximate surface area is 156 Å². The molecule has 1 saturated heterocycles. The van der Waals surface area contributed by atoms with E-state index >= 15 is 0 Å². The summed E-state index contributed by atoms with van der Waals surface area (Å²) in [5.74, 6) is 0. The molecule has 0 aromatic carbocycles. The van der Waals surface area contributed by atoms with Crippen LogP contribution in [0.15, 0.2) is 0 Å². The average molecular weight is 355 g/mol. The molecule has 4 heteroatoms. The maximum absolute atomic E-state index is 12.4. The van der Waals surface area contributed by atoms with E-state index in [1.807, 2.05) is 25.7 Å². The highest BCUT2D eigenvalue weighted by molar-refractivity contribution is 5.68. The molecule has 25 heavy (non-hydrogen) atoms. The van der Waals surface area contributed by atoms with Gasteiger partial charge in [0.05, 0.1) is 0 Å². The lowest BCUT2D eigenvalue weighted by molar-refractivity contribution is 0.00997. The Balaban J connectivity index is 2.14. The smallest absolute Gasteiger partial charge is 0.410 e. The summed E-state index contributed by atoms with van der Waals surface area (Å²) in [5.41, 5.74) is -0.413. The molecule has 1 amide bonds. The van der Waals surface area contributed by atoms with Crippen molar-refractivity contribution in [2.75, 3.05) is 19.6 Å². The van der Waals surface area contributed by atoms with Crippen LogP contribution >= 0.6 is 0 Å². The molecule has 1 unspecified atom stereocenters. The number of carbonyl (C=O) groups is 1. The van der Waals surface area contributed by atoms with E-state index in [4.69, 9.17) is 4.74 Å². The maximum Gasteiger partial charge on any atom is 0.410 e. The number of nitrogens with zero attached hydrogens (tertiary/aromatic N) is 1. The molecule has 1 rings (SSSR count). The minimum Gasteiger partial charge on any atom is -0.444 e. The average Bonchev–Trinajstić information content (AvgIpc) is 2.55. The summed E-state index contributed by atoms with van der Waals surface area (Å²) in [5, 5.41) is 3.56. The standard InChI is InChI=1S/C21H42N2O2/c1-5-6-7-8-9-10-11-13-16-22-18-19-15-12-14-17-23(19)20(24)25-21(2,3)4/h19,22H,5-18H2,1-4H3. The van der Waals surface area contributed by atoms with Crippen molar-refractivity contribution in [3.05, 3.63) is 0 Å². The first-order valence-electron chi connectivity index (χ1n) is 10.6. The van der Waals surface area contributed by atoms with E-state index in [0.29, 0.717) is 0 Å². The van der Waals surface area contributed by atoms with Crippen LogP contribution in [-0.4, -0.2) is 42.3 Å². The van der Waals surface area contributed by atoms with E-state index < -0.39 is 5.60 Å². The van der Waals surface area contributed by atoms with Crippen molar-refractivity contribution < 1.29 is 9.53 Å². The fourth-order valence-corrected chi connectivity index (χ4v) is 3.43.